The van der Waals surface area contributed by atoms with Crippen LogP contribution in [0, 0.1) is 5.82 Å². The number of fused-ring (bicyclic) bond motifs is 2. The fraction of sp³-hybridized carbons (Fsp3) is 0.375. The van der Waals surface area contributed by atoms with Crippen molar-refractivity contribution in [3.05, 3.63) is 88.0 Å². The summed E-state index contributed by atoms with van der Waals surface area (Å²) in [5.74, 6) is 1.28. The Bertz CT molecular complexity index is 1650. The Morgan fingerprint density at radius 1 is 1.05 bits per heavy atom. The molecule has 3 aliphatic rings. The number of hydrogen-bond acceptors (Lipinski definition) is 6. The van der Waals surface area contributed by atoms with Gasteiger partial charge in [-0.05, 0) is 86.3 Å². The fourth-order valence-corrected chi connectivity index (χ4v) is 6.30. The maximum absolute atomic E-state index is 14.4. The van der Waals surface area contributed by atoms with E-state index in [9.17, 15) is 14.3 Å². The van der Waals surface area contributed by atoms with E-state index in [2.05, 4.69) is 21.6 Å². The lowest BCUT2D eigenvalue weighted by Crippen LogP contribution is -2.35. The molecule has 0 amide bonds. The predicted octanol–water partition coefficient (Wildman–Crippen LogP) is 6.21. The van der Waals surface area contributed by atoms with Gasteiger partial charge in [0.1, 0.15) is 18.2 Å². The van der Waals surface area contributed by atoms with Gasteiger partial charge < -0.3 is 23.9 Å². The summed E-state index contributed by atoms with van der Waals surface area (Å²) in [5.41, 5.74) is 3.55. The summed E-state index contributed by atoms with van der Waals surface area (Å²) in [5, 5.41) is 9.86. The van der Waals surface area contributed by atoms with Crippen LogP contribution in [0.2, 0.25) is 5.02 Å². The Kier molecular flexibility index (Phi) is 7.25. The third-order valence-electron chi connectivity index (χ3n) is 8.61. The van der Waals surface area contributed by atoms with E-state index < -0.39 is 17.9 Å². The topological polar surface area (TPSA) is 86.0 Å². The lowest BCUT2D eigenvalue weighted by molar-refractivity contribution is -0.0592. The van der Waals surface area contributed by atoms with E-state index in [1.54, 1.807) is 30.3 Å². The van der Waals surface area contributed by atoms with Gasteiger partial charge in [0, 0.05) is 17.2 Å². The van der Waals surface area contributed by atoms with Gasteiger partial charge in [0.25, 0.3) is 0 Å². The van der Waals surface area contributed by atoms with Gasteiger partial charge in [-0.3, -0.25) is 4.90 Å². The second-order valence-corrected chi connectivity index (χ2v) is 11.7. The minimum Gasteiger partial charge on any atom is -0.485 e. The van der Waals surface area contributed by atoms with Crippen molar-refractivity contribution in [1.29, 1.82) is 0 Å². The van der Waals surface area contributed by atoms with Crippen molar-refractivity contribution >= 4 is 28.6 Å². The molecule has 1 aromatic heterocycles. The largest absolute Gasteiger partial charge is 0.485 e. The number of carbonyl (C=O) groups is 1. The van der Waals surface area contributed by atoms with Crippen LogP contribution in [0.4, 0.5) is 4.39 Å². The number of imidazole rings is 1. The average Bonchev–Trinajstić information content (AvgIpc) is 3.30. The van der Waals surface area contributed by atoms with E-state index in [0.717, 1.165) is 55.8 Å². The third-order valence-corrected chi connectivity index (χ3v) is 8.85. The maximum atomic E-state index is 14.4. The summed E-state index contributed by atoms with van der Waals surface area (Å²) in [6, 6.07) is 15.8. The Labute approximate surface area is 247 Å². The second kappa shape index (κ2) is 11.2. The van der Waals surface area contributed by atoms with Gasteiger partial charge in [-0.2, -0.15) is 0 Å². The monoisotopic (exact) mass is 591 g/mol. The molecule has 2 fully saturated rings. The van der Waals surface area contributed by atoms with Crippen LogP contribution in [0.25, 0.3) is 11.0 Å². The first-order valence-electron chi connectivity index (χ1n) is 14.4. The van der Waals surface area contributed by atoms with Crippen molar-refractivity contribution in [3.63, 3.8) is 0 Å². The van der Waals surface area contributed by atoms with Crippen LogP contribution in [-0.4, -0.2) is 57.9 Å². The van der Waals surface area contributed by atoms with Crippen LogP contribution < -0.4 is 9.47 Å². The van der Waals surface area contributed by atoms with E-state index in [4.69, 9.17) is 30.8 Å². The molecule has 3 aliphatic heterocycles. The van der Waals surface area contributed by atoms with E-state index in [-0.39, 0.29) is 18.3 Å². The number of carboxylic acid groups (broad SMARTS) is 1. The molecule has 0 saturated carbocycles. The summed E-state index contributed by atoms with van der Waals surface area (Å²) in [7, 11) is 0. The van der Waals surface area contributed by atoms with Crippen molar-refractivity contribution in [2.24, 2.45) is 0 Å². The molecular weight excluding hydrogens is 561 g/mol. The molecular formula is C32H31ClFN3O5. The molecule has 0 bridgehead atoms. The first kappa shape index (κ1) is 27.2. The molecule has 0 spiro atoms. The molecule has 2 atom stereocenters. The predicted molar refractivity (Wildman–Crippen MR) is 155 cm³/mol. The average molecular weight is 592 g/mol. The van der Waals surface area contributed by atoms with Gasteiger partial charge in [0.05, 0.1) is 35.8 Å². The van der Waals surface area contributed by atoms with Gasteiger partial charge in [-0.15, -0.1) is 0 Å². The van der Waals surface area contributed by atoms with E-state index >= 15 is 0 Å². The number of rotatable bonds is 7. The molecule has 8 nitrogen and oxygen atoms in total. The quantitative estimate of drug-likeness (QED) is 0.273. The number of hydrogen-bond donors (Lipinski definition) is 1. The number of benzene rings is 3. The van der Waals surface area contributed by atoms with Crippen molar-refractivity contribution in [2.45, 2.75) is 50.5 Å². The number of piperidine rings is 1. The summed E-state index contributed by atoms with van der Waals surface area (Å²) < 4.78 is 34.4. The highest BCUT2D eigenvalue weighted by molar-refractivity contribution is 6.30. The number of nitrogens with zero attached hydrogens (tertiary/aromatic N) is 3. The van der Waals surface area contributed by atoms with Crippen LogP contribution in [-0.2, 0) is 17.8 Å². The van der Waals surface area contributed by atoms with Gasteiger partial charge in [-0.25, -0.2) is 14.2 Å². The minimum absolute atomic E-state index is 0.135. The van der Waals surface area contributed by atoms with Crippen molar-refractivity contribution in [3.8, 4) is 11.5 Å². The minimum atomic E-state index is -0.942. The van der Waals surface area contributed by atoms with E-state index in [0.29, 0.717) is 41.1 Å². The standard InChI is InChI=1S/C32H31ClFN3O5/c33-22-3-4-24(25(34)15-22)30-18-41-29-14-20(2-6-28(29)42-30)19-7-10-36(11-8-19)17-31-35-26-5-1-21(32(38)39)13-27(26)37(31)16-23-9-12-40-23/h1-6,13-15,19,23,30H,7-12,16-18H2,(H,38,39)/t23-,30?/m0/s1. The molecule has 1 unspecified atom stereocenters. The van der Waals surface area contributed by atoms with Gasteiger partial charge in [0.15, 0.2) is 17.6 Å². The second-order valence-electron chi connectivity index (χ2n) is 11.3. The molecule has 4 heterocycles. The highest BCUT2D eigenvalue weighted by atomic mass is 35.5. The summed E-state index contributed by atoms with van der Waals surface area (Å²) in [4.78, 5) is 18.9. The summed E-state index contributed by atoms with van der Waals surface area (Å²) >= 11 is 5.90. The number of aromatic nitrogens is 2. The molecule has 0 aliphatic carbocycles. The number of ether oxygens (including phenoxy) is 3. The molecule has 1 N–H and O–H groups in total. The van der Waals surface area contributed by atoms with Crippen molar-refractivity contribution < 1.29 is 28.5 Å². The molecule has 218 valence electrons. The van der Waals surface area contributed by atoms with E-state index in [1.165, 1.54) is 11.6 Å². The van der Waals surface area contributed by atoms with Crippen LogP contribution in [0.5, 0.6) is 11.5 Å². The van der Waals surface area contributed by atoms with Crippen molar-refractivity contribution in [1.82, 2.24) is 14.5 Å². The number of carboxylic acids is 1. The number of halogens is 2. The van der Waals surface area contributed by atoms with Crippen LogP contribution >= 0.6 is 11.6 Å². The summed E-state index contributed by atoms with van der Waals surface area (Å²) in [6.45, 7) is 4.20. The smallest absolute Gasteiger partial charge is 0.335 e. The lowest BCUT2D eigenvalue weighted by Gasteiger charge is -2.33. The van der Waals surface area contributed by atoms with Gasteiger partial charge >= 0.3 is 5.97 Å². The number of likely N-dealkylation sites (tertiary alicyclic amines) is 1. The SMILES string of the molecule is O=C(O)c1ccc2nc(CN3CCC(c4ccc5c(c4)OCC(c4ccc(Cl)cc4F)O5)CC3)n(C[C@@H]3CCO3)c2c1. The molecule has 10 heteroatoms. The molecule has 2 saturated heterocycles. The fourth-order valence-electron chi connectivity index (χ4n) is 6.14. The highest BCUT2D eigenvalue weighted by Crippen LogP contribution is 2.40. The summed E-state index contributed by atoms with van der Waals surface area (Å²) in [6.07, 6.45) is 2.59. The molecule has 4 aromatic rings. The van der Waals surface area contributed by atoms with Crippen LogP contribution in [0.1, 0.15) is 58.6 Å². The first-order valence-corrected chi connectivity index (χ1v) is 14.7. The maximum Gasteiger partial charge on any atom is 0.335 e. The normalized spacial score (nSPS) is 20.9. The Hall–Kier alpha value is -3.66. The number of aromatic carboxylic acids is 1. The Morgan fingerprint density at radius 2 is 1.88 bits per heavy atom. The molecule has 7 rings (SSSR count). The van der Waals surface area contributed by atoms with Gasteiger partial charge in [0.2, 0.25) is 0 Å². The Balaban J connectivity index is 1.02. The van der Waals surface area contributed by atoms with Crippen LogP contribution in [0.15, 0.2) is 54.6 Å². The zero-order chi connectivity index (χ0) is 28.8. The Morgan fingerprint density at radius 3 is 2.62 bits per heavy atom. The van der Waals surface area contributed by atoms with Crippen molar-refractivity contribution in [2.75, 3.05) is 26.3 Å². The molecule has 42 heavy (non-hydrogen) atoms. The molecule has 3 aromatic carbocycles. The van der Waals surface area contributed by atoms with E-state index in [1.807, 2.05) is 6.07 Å². The lowest BCUT2D eigenvalue weighted by atomic mass is 9.89. The highest BCUT2D eigenvalue weighted by Gasteiger charge is 2.29. The zero-order valence-corrected chi connectivity index (χ0v) is 23.7. The van der Waals surface area contributed by atoms with Crippen LogP contribution in [0.3, 0.4) is 0 Å². The van der Waals surface area contributed by atoms with Gasteiger partial charge in [-0.1, -0.05) is 23.7 Å². The molecule has 0 radical (unpaired) electrons. The third kappa shape index (κ3) is 5.32. The zero-order valence-electron chi connectivity index (χ0n) is 23.0. The first-order chi connectivity index (χ1) is 20.4.